The van der Waals surface area contributed by atoms with Crippen molar-refractivity contribution < 1.29 is 4.74 Å². The highest BCUT2D eigenvalue weighted by molar-refractivity contribution is 5.73. The summed E-state index contributed by atoms with van der Waals surface area (Å²) in [6.45, 7) is 2.50. The predicted molar refractivity (Wildman–Crippen MR) is 116 cm³/mol. The molecular formula is C22H21N5O3. The van der Waals surface area contributed by atoms with Gasteiger partial charge in [-0.15, -0.1) is 0 Å². The van der Waals surface area contributed by atoms with Crippen LogP contribution in [0.25, 0.3) is 16.7 Å². The molecule has 0 aliphatic heterocycles. The van der Waals surface area contributed by atoms with Gasteiger partial charge in [0.1, 0.15) is 11.1 Å². The van der Waals surface area contributed by atoms with Gasteiger partial charge in [0.2, 0.25) is 5.95 Å². The summed E-state index contributed by atoms with van der Waals surface area (Å²) >= 11 is 0. The van der Waals surface area contributed by atoms with Crippen molar-refractivity contribution in [1.82, 2.24) is 19.5 Å². The molecule has 4 rings (SSSR count). The van der Waals surface area contributed by atoms with E-state index in [4.69, 9.17) is 4.74 Å². The molecule has 0 spiro atoms. The molecule has 2 aromatic carbocycles. The summed E-state index contributed by atoms with van der Waals surface area (Å²) in [6, 6.07) is 15.0. The normalized spacial score (nSPS) is 10.9. The number of anilines is 1. The van der Waals surface area contributed by atoms with Crippen LogP contribution in [0.4, 0.5) is 5.95 Å². The summed E-state index contributed by atoms with van der Waals surface area (Å²) < 4.78 is 6.25. The molecule has 4 aromatic rings. The molecule has 0 amide bonds. The fourth-order valence-electron chi connectivity index (χ4n) is 3.20. The lowest BCUT2D eigenvalue weighted by molar-refractivity contribution is 0.414. The Morgan fingerprint density at radius 3 is 2.67 bits per heavy atom. The van der Waals surface area contributed by atoms with E-state index in [1.807, 2.05) is 37.3 Å². The van der Waals surface area contributed by atoms with E-state index in [-0.39, 0.29) is 11.0 Å². The molecule has 0 radical (unpaired) electrons. The zero-order valence-electron chi connectivity index (χ0n) is 16.7. The molecule has 2 heterocycles. The number of methoxy groups -OCH3 is 1. The average Bonchev–Trinajstić information content (AvgIpc) is 2.74. The number of hydrogen-bond donors (Lipinski definition) is 2. The largest absolute Gasteiger partial charge is 0.497 e. The molecule has 152 valence electrons. The van der Waals surface area contributed by atoms with Crippen LogP contribution < -0.4 is 21.3 Å². The van der Waals surface area contributed by atoms with Crippen LogP contribution >= 0.6 is 0 Å². The fraction of sp³-hybridized carbons (Fsp3) is 0.182. The number of rotatable bonds is 6. The minimum absolute atomic E-state index is 0.204. The van der Waals surface area contributed by atoms with E-state index in [0.717, 1.165) is 27.9 Å². The number of benzene rings is 2. The SMILES string of the molecule is COc1ccc(CCNc2ncc3c(=O)n(-c4cccc(C)c4)c(=O)[nH]c3n2)cc1. The topological polar surface area (TPSA) is 102 Å². The lowest BCUT2D eigenvalue weighted by atomic mass is 10.1. The Hall–Kier alpha value is -3.94. The number of nitrogens with one attached hydrogen (secondary N) is 2. The second-order valence-electron chi connectivity index (χ2n) is 6.89. The zero-order chi connectivity index (χ0) is 21.1. The van der Waals surface area contributed by atoms with E-state index in [2.05, 4.69) is 20.3 Å². The summed E-state index contributed by atoms with van der Waals surface area (Å²) in [5.41, 5.74) is 1.80. The van der Waals surface area contributed by atoms with Crippen molar-refractivity contribution in [3.05, 3.63) is 86.7 Å². The van der Waals surface area contributed by atoms with Crippen LogP contribution in [0.5, 0.6) is 5.75 Å². The molecule has 8 nitrogen and oxygen atoms in total. The van der Waals surface area contributed by atoms with Gasteiger partial charge in [0.25, 0.3) is 5.56 Å². The van der Waals surface area contributed by atoms with Crippen LogP contribution in [0.15, 0.2) is 64.3 Å². The van der Waals surface area contributed by atoms with E-state index >= 15 is 0 Å². The summed E-state index contributed by atoms with van der Waals surface area (Å²) in [6.07, 6.45) is 2.19. The Labute approximate surface area is 172 Å². The van der Waals surface area contributed by atoms with Crippen LogP contribution in [-0.4, -0.2) is 33.2 Å². The van der Waals surface area contributed by atoms with Crippen molar-refractivity contribution in [2.45, 2.75) is 13.3 Å². The molecular weight excluding hydrogens is 382 g/mol. The van der Waals surface area contributed by atoms with Gasteiger partial charge in [0.15, 0.2) is 5.65 Å². The molecule has 0 aliphatic carbocycles. The standard InChI is InChI=1S/C22H21N5O3/c1-14-4-3-5-16(12-14)27-20(28)18-13-24-21(25-19(18)26-22(27)29)23-11-10-15-6-8-17(30-2)9-7-15/h3-9,12-13H,10-11H2,1-2H3,(H2,23,24,25,26,29). The third-order valence-electron chi connectivity index (χ3n) is 4.77. The number of aromatic nitrogens is 4. The van der Waals surface area contributed by atoms with Gasteiger partial charge in [-0.05, 0) is 48.7 Å². The number of fused-ring (bicyclic) bond motifs is 1. The number of aromatic amines is 1. The number of ether oxygens (including phenoxy) is 1. The van der Waals surface area contributed by atoms with Crippen LogP contribution in [-0.2, 0) is 6.42 Å². The molecule has 30 heavy (non-hydrogen) atoms. The Bertz CT molecular complexity index is 1310. The molecule has 0 fully saturated rings. The first-order valence-electron chi connectivity index (χ1n) is 9.51. The van der Waals surface area contributed by atoms with Crippen molar-refractivity contribution in [2.75, 3.05) is 19.0 Å². The Balaban J connectivity index is 1.56. The molecule has 2 aromatic heterocycles. The number of hydrogen-bond acceptors (Lipinski definition) is 6. The summed E-state index contributed by atoms with van der Waals surface area (Å²) in [4.78, 5) is 36.6. The van der Waals surface area contributed by atoms with Gasteiger partial charge in [0, 0.05) is 12.7 Å². The molecule has 2 N–H and O–H groups in total. The highest BCUT2D eigenvalue weighted by Gasteiger charge is 2.12. The Morgan fingerprint density at radius 2 is 1.93 bits per heavy atom. The zero-order valence-corrected chi connectivity index (χ0v) is 16.7. The number of nitrogens with zero attached hydrogens (tertiary/aromatic N) is 3. The second-order valence-corrected chi connectivity index (χ2v) is 6.89. The number of aryl methyl sites for hydroxylation is 1. The molecule has 0 saturated carbocycles. The fourth-order valence-corrected chi connectivity index (χ4v) is 3.20. The van der Waals surface area contributed by atoms with Crippen molar-refractivity contribution in [1.29, 1.82) is 0 Å². The van der Waals surface area contributed by atoms with E-state index in [9.17, 15) is 9.59 Å². The molecule has 0 bridgehead atoms. The van der Waals surface area contributed by atoms with Gasteiger partial charge >= 0.3 is 5.69 Å². The maximum absolute atomic E-state index is 12.9. The van der Waals surface area contributed by atoms with Crippen molar-refractivity contribution in [3.63, 3.8) is 0 Å². The molecule has 0 saturated heterocycles. The molecule has 8 heteroatoms. The van der Waals surface area contributed by atoms with Gasteiger partial charge in [-0.2, -0.15) is 4.98 Å². The van der Waals surface area contributed by atoms with Gasteiger partial charge in [-0.25, -0.2) is 14.3 Å². The second kappa shape index (κ2) is 8.20. The van der Waals surface area contributed by atoms with Crippen molar-refractivity contribution >= 4 is 17.0 Å². The van der Waals surface area contributed by atoms with Crippen LogP contribution in [0.3, 0.4) is 0 Å². The summed E-state index contributed by atoms with van der Waals surface area (Å²) in [5, 5.41) is 3.37. The maximum Gasteiger partial charge on any atom is 0.334 e. The lowest BCUT2D eigenvalue weighted by Crippen LogP contribution is -2.34. The predicted octanol–water partition coefficient (Wildman–Crippen LogP) is 2.44. The molecule has 0 aliphatic rings. The van der Waals surface area contributed by atoms with E-state index in [0.29, 0.717) is 18.2 Å². The quantitative estimate of drug-likeness (QED) is 0.513. The minimum Gasteiger partial charge on any atom is -0.497 e. The van der Waals surface area contributed by atoms with E-state index in [1.54, 1.807) is 25.3 Å². The smallest absolute Gasteiger partial charge is 0.334 e. The first kappa shape index (κ1) is 19.4. The van der Waals surface area contributed by atoms with Crippen LogP contribution in [0.2, 0.25) is 0 Å². The monoisotopic (exact) mass is 403 g/mol. The third-order valence-corrected chi connectivity index (χ3v) is 4.77. The van der Waals surface area contributed by atoms with Gasteiger partial charge in [-0.3, -0.25) is 9.78 Å². The van der Waals surface area contributed by atoms with E-state index in [1.165, 1.54) is 6.20 Å². The summed E-state index contributed by atoms with van der Waals surface area (Å²) in [5.74, 6) is 1.16. The van der Waals surface area contributed by atoms with Gasteiger partial charge < -0.3 is 10.1 Å². The summed E-state index contributed by atoms with van der Waals surface area (Å²) in [7, 11) is 1.63. The lowest BCUT2D eigenvalue weighted by Gasteiger charge is -2.09. The molecule has 0 atom stereocenters. The molecule has 0 unspecified atom stereocenters. The first-order chi connectivity index (χ1) is 14.5. The van der Waals surface area contributed by atoms with Crippen molar-refractivity contribution in [2.24, 2.45) is 0 Å². The third kappa shape index (κ3) is 3.93. The number of H-pyrrole nitrogens is 1. The highest BCUT2D eigenvalue weighted by atomic mass is 16.5. The highest BCUT2D eigenvalue weighted by Crippen LogP contribution is 2.12. The minimum atomic E-state index is -0.541. The van der Waals surface area contributed by atoms with Crippen LogP contribution in [0.1, 0.15) is 11.1 Å². The van der Waals surface area contributed by atoms with E-state index < -0.39 is 11.2 Å². The average molecular weight is 403 g/mol. The maximum atomic E-state index is 12.9. The van der Waals surface area contributed by atoms with Crippen LogP contribution in [0, 0.1) is 6.92 Å². The van der Waals surface area contributed by atoms with Crippen molar-refractivity contribution in [3.8, 4) is 11.4 Å². The Morgan fingerprint density at radius 1 is 1.13 bits per heavy atom. The first-order valence-corrected chi connectivity index (χ1v) is 9.51. The van der Waals surface area contributed by atoms with Gasteiger partial charge in [-0.1, -0.05) is 24.3 Å². The van der Waals surface area contributed by atoms with Gasteiger partial charge in [0.05, 0.1) is 12.8 Å². The Kier molecular flexibility index (Phi) is 5.30.